The van der Waals surface area contributed by atoms with E-state index in [1.165, 1.54) is 5.56 Å². The van der Waals surface area contributed by atoms with Crippen LogP contribution in [0.3, 0.4) is 0 Å². The molecule has 0 bridgehead atoms. The van der Waals surface area contributed by atoms with Crippen LogP contribution in [0.2, 0.25) is 0 Å². The summed E-state index contributed by atoms with van der Waals surface area (Å²) in [4.78, 5) is 30.6. The minimum atomic E-state index is -0.472. The first-order chi connectivity index (χ1) is 14.2. The van der Waals surface area contributed by atoms with E-state index in [-0.39, 0.29) is 17.9 Å². The molecule has 158 valence electrons. The molecule has 0 saturated carbocycles. The molecule has 2 aliphatic rings. The van der Waals surface area contributed by atoms with Crippen LogP contribution in [0.5, 0.6) is 0 Å². The second-order valence-electron chi connectivity index (χ2n) is 9.20. The van der Waals surface area contributed by atoms with Gasteiger partial charge in [-0.2, -0.15) is 0 Å². The maximum atomic E-state index is 12.3. The van der Waals surface area contributed by atoms with Crippen LogP contribution < -0.4 is 5.32 Å². The molecule has 0 aliphatic carbocycles. The van der Waals surface area contributed by atoms with Gasteiger partial charge >= 0.3 is 6.09 Å². The number of likely N-dealkylation sites (tertiary alicyclic amines) is 1. The number of hydrogen-bond donors (Lipinski definition) is 1. The number of rotatable bonds is 2. The highest BCUT2D eigenvalue weighted by Gasteiger charge is 2.31. The van der Waals surface area contributed by atoms with Gasteiger partial charge in [-0.25, -0.2) is 9.78 Å². The van der Waals surface area contributed by atoms with Gasteiger partial charge in [-0.1, -0.05) is 24.3 Å². The van der Waals surface area contributed by atoms with E-state index >= 15 is 0 Å². The summed E-state index contributed by atoms with van der Waals surface area (Å²) >= 11 is 0. The monoisotopic (exact) mass is 407 g/mol. The molecule has 1 aromatic carbocycles. The third-order valence-electron chi connectivity index (χ3n) is 5.87. The van der Waals surface area contributed by atoms with E-state index in [4.69, 9.17) is 4.74 Å². The lowest BCUT2D eigenvalue weighted by Gasteiger charge is -2.33. The lowest BCUT2D eigenvalue weighted by molar-refractivity contribution is -0.116. The summed E-state index contributed by atoms with van der Waals surface area (Å²) in [6.45, 7) is 8.99. The number of hydrogen-bond acceptors (Lipinski definition) is 4. The van der Waals surface area contributed by atoms with Crippen LogP contribution in [0.25, 0.3) is 11.1 Å². The highest BCUT2D eigenvalue weighted by molar-refractivity contribution is 6.03. The highest BCUT2D eigenvalue weighted by Crippen LogP contribution is 2.39. The van der Waals surface area contributed by atoms with Crippen molar-refractivity contribution in [2.75, 3.05) is 18.4 Å². The Balaban J connectivity index is 1.51. The number of fused-ring (bicyclic) bond motifs is 1. The second-order valence-corrected chi connectivity index (χ2v) is 9.20. The minimum absolute atomic E-state index is 0.00406. The van der Waals surface area contributed by atoms with Gasteiger partial charge in [-0.3, -0.25) is 4.79 Å². The first-order valence-electron chi connectivity index (χ1n) is 10.6. The molecule has 1 N–H and O–H groups in total. The minimum Gasteiger partial charge on any atom is -0.444 e. The fourth-order valence-corrected chi connectivity index (χ4v) is 4.30. The predicted octanol–water partition coefficient (Wildman–Crippen LogP) is 4.92. The summed E-state index contributed by atoms with van der Waals surface area (Å²) in [6, 6.07) is 10.5. The molecule has 4 rings (SSSR count). The lowest BCUT2D eigenvalue weighted by Crippen LogP contribution is -2.41. The molecule has 2 aromatic rings. The first kappa shape index (κ1) is 20.4. The Bertz CT molecular complexity index is 972. The second kappa shape index (κ2) is 7.74. The van der Waals surface area contributed by atoms with Gasteiger partial charge in [0.15, 0.2) is 0 Å². The zero-order chi connectivity index (χ0) is 21.5. The molecule has 3 heterocycles. The van der Waals surface area contributed by atoms with Crippen LogP contribution in [0.4, 0.5) is 10.6 Å². The van der Waals surface area contributed by atoms with E-state index in [1.54, 1.807) is 11.1 Å². The number of aromatic nitrogens is 1. The third-order valence-corrected chi connectivity index (χ3v) is 5.87. The van der Waals surface area contributed by atoms with E-state index in [0.29, 0.717) is 24.8 Å². The quantitative estimate of drug-likeness (QED) is 0.767. The van der Waals surface area contributed by atoms with Gasteiger partial charge in [0, 0.05) is 24.8 Å². The van der Waals surface area contributed by atoms with Crippen molar-refractivity contribution in [1.29, 1.82) is 0 Å². The van der Waals surface area contributed by atoms with E-state index < -0.39 is 5.60 Å². The molecule has 30 heavy (non-hydrogen) atoms. The summed E-state index contributed by atoms with van der Waals surface area (Å²) in [5.41, 5.74) is 3.93. The molecule has 2 amide bonds. The number of piperidine rings is 1. The van der Waals surface area contributed by atoms with Crippen LogP contribution in [0, 0.1) is 0 Å². The van der Waals surface area contributed by atoms with Crippen LogP contribution in [-0.4, -0.2) is 40.6 Å². The van der Waals surface area contributed by atoms with Crippen molar-refractivity contribution < 1.29 is 14.3 Å². The molecule has 2 aliphatic heterocycles. The Labute approximate surface area is 177 Å². The fraction of sp³-hybridized carbons (Fsp3) is 0.458. The molecule has 0 radical (unpaired) electrons. The number of anilines is 1. The normalized spacial score (nSPS) is 19.4. The van der Waals surface area contributed by atoms with Crippen molar-refractivity contribution in [2.45, 2.75) is 58.0 Å². The van der Waals surface area contributed by atoms with Crippen LogP contribution in [-0.2, 0) is 9.53 Å². The lowest BCUT2D eigenvalue weighted by atomic mass is 9.86. The average molecular weight is 408 g/mol. The molecule has 1 unspecified atom stereocenters. The molecular formula is C24H29N3O3. The number of nitrogens with one attached hydrogen (secondary N) is 1. The Morgan fingerprint density at radius 2 is 1.93 bits per heavy atom. The van der Waals surface area contributed by atoms with Gasteiger partial charge < -0.3 is 15.0 Å². The molecule has 6 heteroatoms. The zero-order valence-corrected chi connectivity index (χ0v) is 18.1. The summed E-state index contributed by atoms with van der Waals surface area (Å²) in [5.74, 6) is 0.858. The van der Waals surface area contributed by atoms with Gasteiger partial charge in [0.05, 0.1) is 5.92 Å². The third kappa shape index (κ3) is 4.04. The number of ether oxygens (including phenoxy) is 1. The smallest absolute Gasteiger partial charge is 0.410 e. The first-order valence-corrected chi connectivity index (χ1v) is 10.6. The summed E-state index contributed by atoms with van der Waals surface area (Å²) in [5, 5.41) is 2.87. The van der Waals surface area contributed by atoms with E-state index in [0.717, 1.165) is 29.5 Å². The number of nitrogens with zero attached hydrogens (tertiary/aromatic N) is 2. The maximum absolute atomic E-state index is 12.3. The van der Waals surface area contributed by atoms with Gasteiger partial charge in [-0.05, 0) is 69.2 Å². The number of carbonyl (C=O) groups is 2. The largest absolute Gasteiger partial charge is 0.444 e. The number of pyridine rings is 1. The van der Waals surface area contributed by atoms with Crippen LogP contribution in [0.1, 0.15) is 63.5 Å². The van der Waals surface area contributed by atoms with Gasteiger partial charge in [0.2, 0.25) is 5.91 Å². The number of amides is 2. The molecule has 1 fully saturated rings. The Hall–Kier alpha value is -2.89. The standard InChI is InChI=1S/C24H29N3O3/c1-15-20-19(8-11-25-21(20)26-22(15)28)18-7-5-6-17(14-18)16-9-12-27(13-10-16)23(29)30-24(2,3)4/h5-8,11,14-16H,9-10,12-13H2,1-4H3,(H,25,26,28). The summed E-state index contributed by atoms with van der Waals surface area (Å²) in [6.07, 6.45) is 3.34. The Morgan fingerprint density at radius 3 is 2.63 bits per heavy atom. The predicted molar refractivity (Wildman–Crippen MR) is 116 cm³/mol. The molecule has 1 saturated heterocycles. The fourth-order valence-electron chi connectivity index (χ4n) is 4.30. The topological polar surface area (TPSA) is 71.5 Å². The van der Waals surface area contributed by atoms with Crippen molar-refractivity contribution in [2.24, 2.45) is 0 Å². The Morgan fingerprint density at radius 1 is 1.20 bits per heavy atom. The maximum Gasteiger partial charge on any atom is 0.410 e. The molecular weight excluding hydrogens is 378 g/mol. The van der Waals surface area contributed by atoms with Crippen molar-refractivity contribution in [3.63, 3.8) is 0 Å². The van der Waals surface area contributed by atoms with Crippen molar-refractivity contribution >= 4 is 17.8 Å². The van der Waals surface area contributed by atoms with E-state index in [1.807, 2.05) is 33.8 Å². The molecule has 6 nitrogen and oxygen atoms in total. The summed E-state index contributed by atoms with van der Waals surface area (Å²) in [7, 11) is 0. The SMILES string of the molecule is CC1C(=O)Nc2nccc(-c3cccc(C4CCN(C(=O)OC(C)(C)C)CC4)c3)c21. The van der Waals surface area contributed by atoms with Crippen molar-refractivity contribution in [3.05, 3.63) is 47.7 Å². The van der Waals surface area contributed by atoms with Gasteiger partial charge in [0.25, 0.3) is 0 Å². The van der Waals surface area contributed by atoms with Crippen LogP contribution >= 0.6 is 0 Å². The van der Waals surface area contributed by atoms with Crippen molar-refractivity contribution in [1.82, 2.24) is 9.88 Å². The highest BCUT2D eigenvalue weighted by atomic mass is 16.6. The number of benzene rings is 1. The van der Waals surface area contributed by atoms with E-state index in [9.17, 15) is 9.59 Å². The number of carbonyl (C=O) groups excluding carboxylic acids is 2. The Kier molecular flexibility index (Phi) is 5.26. The molecule has 1 aromatic heterocycles. The molecule has 0 spiro atoms. The average Bonchev–Trinajstić information content (AvgIpc) is 3.01. The van der Waals surface area contributed by atoms with Gasteiger partial charge in [0.1, 0.15) is 11.4 Å². The zero-order valence-electron chi connectivity index (χ0n) is 18.1. The van der Waals surface area contributed by atoms with Gasteiger partial charge in [-0.15, -0.1) is 0 Å². The molecule has 1 atom stereocenters. The van der Waals surface area contributed by atoms with E-state index in [2.05, 4.69) is 34.6 Å². The summed E-state index contributed by atoms with van der Waals surface area (Å²) < 4.78 is 5.50. The van der Waals surface area contributed by atoms with Crippen molar-refractivity contribution in [3.8, 4) is 11.1 Å². The van der Waals surface area contributed by atoms with Crippen LogP contribution in [0.15, 0.2) is 36.5 Å².